The van der Waals surface area contributed by atoms with Gasteiger partial charge in [-0.2, -0.15) is 0 Å². The van der Waals surface area contributed by atoms with Gasteiger partial charge in [0.15, 0.2) is 0 Å². The minimum Gasteiger partial charge on any atom is -0.491 e. The molecule has 2 aliphatic heterocycles. The van der Waals surface area contributed by atoms with E-state index in [2.05, 4.69) is 17.4 Å². The van der Waals surface area contributed by atoms with Crippen LogP contribution in [0.2, 0.25) is 5.02 Å². The molecule has 0 bridgehead atoms. The van der Waals surface area contributed by atoms with E-state index in [4.69, 9.17) is 16.3 Å². The van der Waals surface area contributed by atoms with Crippen molar-refractivity contribution in [2.75, 3.05) is 19.7 Å². The zero-order valence-electron chi connectivity index (χ0n) is 9.26. The summed E-state index contributed by atoms with van der Waals surface area (Å²) in [5.74, 6) is 1.69. The minimum atomic E-state index is 0.774. The highest BCUT2D eigenvalue weighted by molar-refractivity contribution is 6.32. The molecule has 1 aromatic rings. The number of rotatable bonds is 2. The van der Waals surface area contributed by atoms with Crippen molar-refractivity contribution in [2.45, 2.75) is 19.3 Å². The largest absolute Gasteiger partial charge is 0.491 e. The van der Waals surface area contributed by atoms with E-state index in [1.807, 2.05) is 0 Å². The van der Waals surface area contributed by atoms with Gasteiger partial charge >= 0.3 is 0 Å². The molecule has 0 aliphatic carbocycles. The van der Waals surface area contributed by atoms with Crippen LogP contribution in [-0.4, -0.2) is 19.7 Å². The van der Waals surface area contributed by atoms with Crippen LogP contribution in [0, 0.1) is 5.92 Å². The Balaban J connectivity index is 1.82. The summed E-state index contributed by atoms with van der Waals surface area (Å²) in [7, 11) is 0. The van der Waals surface area contributed by atoms with Crippen LogP contribution >= 0.6 is 11.6 Å². The first-order valence-electron chi connectivity index (χ1n) is 5.98. The maximum atomic E-state index is 6.22. The second-order valence-electron chi connectivity index (χ2n) is 4.73. The molecule has 1 fully saturated rings. The van der Waals surface area contributed by atoms with Crippen LogP contribution in [0.3, 0.4) is 0 Å². The quantitative estimate of drug-likeness (QED) is 0.853. The van der Waals surface area contributed by atoms with Crippen LogP contribution in [0.5, 0.6) is 5.75 Å². The smallest absolute Gasteiger partial charge is 0.141 e. The van der Waals surface area contributed by atoms with E-state index in [0.29, 0.717) is 0 Å². The molecule has 0 amide bonds. The van der Waals surface area contributed by atoms with Gasteiger partial charge in [0.2, 0.25) is 0 Å². The topological polar surface area (TPSA) is 21.3 Å². The highest BCUT2D eigenvalue weighted by Gasteiger charge is 2.19. The predicted molar refractivity (Wildman–Crippen MR) is 65.3 cm³/mol. The van der Waals surface area contributed by atoms with E-state index in [-0.39, 0.29) is 0 Å². The molecule has 1 saturated heterocycles. The average molecular weight is 238 g/mol. The van der Waals surface area contributed by atoms with Crippen LogP contribution in [0.15, 0.2) is 12.1 Å². The molecular weight excluding hydrogens is 222 g/mol. The normalized spacial score (nSPS) is 23.2. The van der Waals surface area contributed by atoms with Gasteiger partial charge in [0.05, 0.1) is 11.6 Å². The molecule has 0 radical (unpaired) electrons. The summed E-state index contributed by atoms with van der Waals surface area (Å²) >= 11 is 6.22. The summed E-state index contributed by atoms with van der Waals surface area (Å²) in [4.78, 5) is 0. The molecule has 16 heavy (non-hydrogen) atoms. The molecule has 3 heteroatoms. The second-order valence-corrected chi connectivity index (χ2v) is 5.13. The lowest BCUT2D eigenvalue weighted by Crippen LogP contribution is -2.10. The molecule has 3 rings (SSSR count). The lowest BCUT2D eigenvalue weighted by Gasteiger charge is -2.10. The fourth-order valence-electron chi connectivity index (χ4n) is 2.66. The lowest BCUT2D eigenvalue weighted by atomic mass is 9.97. The van der Waals surface area contributed by atoms with E-state index in [1.165, 1.54) is 17.5 Å². The third-order valence-corrected chi connectivity index (χ3v) is 3.77. The van der Waals surface area contributed by atoms with Gasteiger partial charge in [-0.1, -0.05) is 17.7 Å². The first-order chi connectivity index (χ1) is 7.83. The van der Waals surface area contributed by atoms with Gasteiger partial charge in [0.25, 0.3) is 0 Å². The molecule has 0 aromatic heterocycles. The molecule has 2 nitrogen and oxygen atoms in total. The first-order valence-corrected chi connectivity index (χ1v) is 6.35. The van der Waals surface area contributed by atoms with Crippen LogP contribution in [0.4, 0.5) is 0 Å². The Bertz CT molecular complexity index is 399. The fraction of sp³-hybridized carbons (Fsp3) is 0.538. The van der Waals surface area contributed by atoms with Gasteiger partial charge in [-0.05, 0) is 49.0 Å². The number of fused-ring (bicyclic) bond motifs is 1. The van der Waals surface area contributed by atoms with E-state index in [9.17, 15) is 0 Å². The van der Waals surface area contributed by atoms with Crippen molar-refractivity contribution in [2.24, 2.45) is 5.92 Å². The van der Waals surface area contributed by atoms with Crippen LogP contribution in [0.1, 0.15) is 17.5 Å². The van der Waals surface area contributed by atoms with Crippen molar-refractivity contribution in [1.82, 2.24) is 5.32 Å². The van der Waals surface area contributed by atoms with Crippen LogP contribution < -0.4 is 10.1 Å². The van der Waals surface area contributed by atoms with Crippen LogP contribution in [0.25, 0.3) is 0 Å². The number of ether oxygens (including phenoxy) is 1. The molecule has 2 heterocycles. The Kier molecular flexibility index (Phi) is 2.78. The molecule has 1 unspecified atom stereocenters. The Morgan fingerprint density at radius 2 is 2.38 bits per heavy atom. The summed E-state index contributed by atoms with van der Waals surface area (Å²) in [6, 6.07) is 4.34. The van der Waals surface area contributed by atoms with Crippen molar-refractivity contribution < 1.29 is 4.74 Å². The third kappa shape index (κ3) is 1.92. The van der Waals surface area contributed by atoms with Crippen LogP contribution in [-0.2, 0) is 12.8 Å². The zero-order chi connectivity index (χ0) is 11.0. The SMILES string of the molecule is Clc1cc(CC2CCNC2)cc2c1OCC2. The number of hydrogen-bond acceptors (Lipinski definition) is 2. The maximum Gasteiger partial charge on any atom is 0.141 e. The summed E-state index contributed by atoms with van der Waals surface area (Å²) in [5.41, 5.74) is 2.65. The second kappa shape index (κ2) is 4.27. The number of halogens is 1. The summed E-state index contributed by atoms with van der Waals surface area (Å²) < 4.78 is 5.51. The van der Waals surface area contributed by atoms with Gasteiger partial charge < -0.3 is 10.1 Å². The van der Waals surface area contributed by atoms with Gasteiger partial charge in [0.1, 0.15) is 5.75 Å². The highest BCUT2D eigenvalue weighted by atomic mass is 35.5. The highest BCUT2D eigenvalue weighted by Crippen LogP contribution is 2.35. The molecule has 2 aliphatic rings. The Hall–Kier alpha value is -0.730. The first kappa shape index (κ1) is 10.4. The van der Waals surface area contributed by atoms with Crippen molar-refractivity contribution in [3.8, 4) is 5.75 Å². The van der Waals surface area contributed by atoms with E-state index in [1.54, 1.807) is 0 Å². The average Bonchev–Trinajstić information content (AvgIpc) is 2.87. The Labute approximate surface area is 101 Å². The van der Waals surface area contributed by atoms with Gasteiger partial charge in [0, 0.05) is 6.42 Å². The molecule has 1 aromatic carbocycles. The van der Waals surface area contributed by atoms with Gasteiger partial charge in [-0.25, -0.2) is 0 Å². The predicted octanol–water partition coefficient (Wildman–Crippen LogP) is 2.43. The minimum absolute atomic E-state index is 0.774. The Morgan fingerprint density at radius 1 is 1.44 bits per heavy atom. The zero-order valence-corrected chi connectivity index (χ0v) is 10.0. The number of nitrogens with one attached hydrogen (secondary N) is 1. The van der Waals surface area contributed by atoms with Crippen molar-refractivity contribution in [3.63, 3.8) is 0 Å². The fourth-order valence-corrected chi connectivity index (χ4v) is 2.98. The van der Waals surface area contributed by atoms with Crippen molar-refractivity contribution in [1.29, 1.82) is 0 Å². The Morgan fingerprint density at radius 3 is 3.19 bits per heavy atom. The standard InChI is InChI=1S/C13H16ClNO/c14-12-7-10(5-9-1-3-15-8-9)6-11-2-4-16-13(11)12/h6-7,9,15H,1-5,8H2. The molecule has 0 spiro atoms. The lowest BCUT2D eigenvalue weighted by molar-refractivity contribution is 0.357. The number of benzene rings is 1. The maximum absolute atomic E-state index is 6.22. The van der Waals surface area contributed by atoms with E-state index >= 15 is 0 Å². The van der Waals surface area contributed by atoms with E-state index in [0.717, 1.165) is 49.2 Å². The molecule has 86 valence electrons. The van der Waals surface area contributed by atoms with Gasteiger partial charge in [-0.15, -0.1) is 0 Å². The summed E-state index contributed by atoms with van der Waals surface area (Å²) in [6.45, 7) is 3.08. The van der Waals surface area contributed by atoms with Gasteiger partial charge in [-0.3, -0.25) is 0 Å². The third-order valence-electron chi connectivity index (χ3n) is 3.48. The molecular formula is C13H16ClNO. The molecule has 1 atom stereocenters. The summed E-state index contributed by atoms with van der Waals surface area (Å²) in [5, 5.41) is 4.19. The van der Waals surface area contributed by atoms with Crippen molar-refractivity contribution >= 4 is 11.6 Å². The number of hydrogen-bond donors (Lipinski definition) is 1. The molecule has 1 N–H and O–H groups in total. The molecule has 0 saturated carbocycles. The van der Waals surface area contributed by atoms with Crippen molar-refractivity contribution in [3.05, 3.63) is 28.3 Å². The summed E-state index contributed by atoms with van der Waals surface area (Å²) in [6.07, 6.45) is 3.43. The van der Waals surface area contributed by atoms with E-state index < -0.39 is 0 Å². The monoisotopic (exact) mass is 237 g/mol.